The Morgan fingerprint density at radius 2 is 2.18 bits per heavy atom. The van der Waals surface area contributed by atoms with Gasteiger partial charge in [0.2, 0.25) is 5.69 Å². The number of carbonyl (C=O) groups excluding carboxylic acids is 1. The van der Waals surface area contributed by atoms with E-state index in [4.69, 9.17) is 4.74 Å². The Labute approximate surface area is 100 Å². The van der Waals surface area contributed by atoms with Crippen molar-refractivity contribution in [1.29, 1.82) is 0 Å². The van der Waals surface area contributed by atoms with Gasteiger partial charge in [-0.3, -0.25) is 0 Å². The number of aromatic nitrogens is 2. The van der Waals surface area contributed by atoms with Crippen molar-refractivity contribution in [2.24, 2.45) is 7.05 Å². The van der Waals surface area contributed by atoms with Crippen LogP contribution in [0.3, 0.4) is 0 Å². The van der Waals surface area contributed by atoms with Gasteiger partial charge < -0.3 is 9.64 Å². The van der Waals surface area contributed by atoms with E-state index in [1.165, 1.54) is 4.68 Å². The largest absolute Gasteiger partial charge is 0.461 e. The van der Waals surface area contributed by atoms with E-state index < -0.39 is 11.8 Å². The van der Waals surface area contributed by atoms with Gasteiger partial charge in [0.05, 0.1) is 6.61 Å². The lowest BCUT2D eigenvalue weighted by Gasteiger charge is -2.23. The van der Waals surface area contributed by atoms with Crippen LogP contribution in [0, 0.1) is 5.82 Å². The van der Waals surface area contributed by atoms with Gasteiger partial charge in [-0.15, -0.1) is 0 Å². The van der Waals surface area contributed by atoms with E-state index in [-0.39, 0.29) is 24.2 Å². The van der Waals surface area contributed by atoms with Crippen LogP contribution in [0.15, 0.2) is 0 Å². The average molecular weight is 243 g/mol. The third kappa shape index (κ3) is 2.57. The minimum atomic E-state index is -0.732. The lowest BCUT2D eigenvalue weighted by Crippen LogP contribution is -2.28. The molecule has 0 saturated carbocycles. The van der Waals surface area contributed by atoms with Crippen molar-refractivity contribution in [3.05, 3.63) is 11.5 Å². The number of hydrogen-bond acceptors (Lipinski definition) is 4. The predicted molar refractivity (Wildman–Crippen MR) is 62.7 cm³/mol. The third-order valence-electron chi connectivity index (χ3n) is 2.54. The summed E-state index contributed by atoms with van der Waals surface area (Å²) in [5, 5.41) is 3.86. The Balaban J connectivity index is 3.14. The molecule has 1 aromatic rings. The van der Waals surface area contributed by atoms with Crippen molar-refractivity contribution in [2.45, 2.75) is 26.8 Å². The Morgan fingerprint density at radius 1 is 1.59 bits per heavy atom. The molecule has 0 atom stereocenters. The van der Waals surface area contributed by atoms with E-state index in [1.807, 2.05) is 13.8 Å². The second kappa shape index (κ2) is 5.16. The highest BCUT2D eigenvalue weighted by Crippen LogP contribution is 2.22. The molecule has 0 bridgehead atoms. The molecule has 17 heavy (non-hydrogen) atoms. The average Bonchev–Trinajstić information content (AvgIpc) is 2.53. The Morgan fingerprint density at radius 3 is 2.65 bits per heavy atom. The number of nitrogens with zero attached hydrogens (tertiary/aromatic N) is 3. The summed E-state index contributed by atoms with van der Waals surface area (Å²) < 4.78 is 20.1. The van der Waals surface area contributed by atoms with Crippen LogP contribution in [0.25, 0.3) is 0 Å². The number of esters is 1. The minimum Gasteiger partial charge on any atom is -0.461 e. The molecule has 6 heteroatoms. The fourth-order valence-corrected chi connectivity index (χ4v) is 1.45. The number of halogens is 1. The first-order chi connectivity index (χ1) is 7.90. The van der Waals surface area contributed by atoms with Gasteiger partial charge >= 0.3 is 5.97 Å². The first-order valence-electron chi connectivity index (χ1n) is 5.52. The van der Waals surface area contributed by atoms with E-state index in [9.17, 15) is 9.18 Å². The molecule has 0 spiro atoms. The van der Waals surface area contributed by atoms with E-state index in [2.05, 4.69) is 5.10 Å². The molecule has 0 fully saturated rings. The molecule has 96 valence electrons. The summed E-state index contributed by atoms with van der Waals surface area (Å²) in [6, 6.07) is 0.106. The lowest BCUT2D eigenvalue weighted by atomic mass is 10.3. The van der Waals surface area contributed by atoms with Crippen LogP contribution >= 0.6 is 0 Å². The minimum absolute atomic E-state index is 0.106. The zero-order valence-electron chi connectivity index (χ0n) is 10.8. The Bertz CT molecular complexity index is 415. The highest BCUT2D eigenvalue weighted by molar-refractivity contribution is 5.88. The van der Waals surface area contributed by atoms with Crippen LogP contribution in [0.5, 0.6) is 0 Å². The smallest absolute Gasteiger partial charge is 0.362 e. The fraction of sp³-hybridized carbons (Fsp3) is 0.636. The molecule has 0 aromatic carbocycles. The SMILES string of the molecule is CCOC(=O)c1nn(C)c(N(C)C(C)C)c1F. The van der Waals surface area contributed by atoms with Crippen LogP contribution in [0.1, 0.15) is 31.3 Å². The van der Waals surface area contributed by atoms with Gasteiger partial charge in [-0.05, 0) is 20.8 Å². The van der Waals surface area contributed by atoms with Crippen LogP contribution in [0.4, 0.5) is 10.2 Å². The van der Waals surface area contributed by atoms with Gasteiger partial charge in [0.1, 0.15) is 0 Å². The monoisotopic (exact) mass is 243 g/mol. The number of aryl methyl sites for hydroxylation is 1. The van der Waals surface area contributed by atoms with Gasteiger partial charge in [-0.25, -0.2) is 13.9 Å². The van der Waals surface area contributed by atoms with Gasteiger partial charge in [-0.1, -0.05) is 0 Å². The van der Waals surface area contributed by atoms with Gasteiger partial charge in [0.25, 0.3) is 0 Å². The molecule has 0 saturated heterocycles. The molecule has 0 unspecified atom stereocenters. The van der Waals surface area contributed by atoms with E-state index in [0.717, 1.165) is 0 Å². The highest BCUT2D eigenvalue weighted by Gasteiger charge is 2.26. The van der Waals surface area contributed by atoms with Crippen molar-refractivity contribution in [3.8, 4) is 0 Å². The molecule has 0 radical (unpaired) electrons. The number of hydrogen-bond donors (Lipinski definition) is 0. The summed E-state index contributed by atoms with van der Waals surface area (Å²) in [5.74, 6) is -1.09. The molecule has 0 aliphatic heterocycles. The number of anilines is 1. The maximum absolute atomic E-state index is 14.1. The lowest BCUT2D eigenvalue weighted by molar-refractivity contribution is 0.0513. The molecule has 1 rings (SSSR count). The molecular formula is C11H18FN3O2. The fourth-order valence-electron chi connectivity index (χ4n) is 1.45. The standard InChI is InChI=1S/C11H18FN3O2/c1-6-17-11(16)9-8(12)10(15(5)13-9)14(4)7(2)3/h7H,6H2,1-5H3. The summed E-state index contributed by atoms with van der Waals surface area (Å²) >= 11 is 0. The second-order valence-electron chi connectivity index (χ2n) is 4.03. The van der Waals surface area contributed by atoms with Gasteiger partial charge in [0.15, 0.2) is 11.6 Å². The molecular weight excluding hydrogens is 225 g/mol. The first kappa shape index (κ1) is 13.5. The van der Waals surface area contributed by atoms with E-state index >= 15 is 0 Å². The maximum atomic E-state index is 14.1. The van der Waals surface area contributed by atoms with Crippen LogP contribution < -0.4 is 4.90 Å². The Kier molecular flexibility index (Phi) is 4.09. The molecule has 1 heterocycles. The molecule has 0 aliphatic rings. The third-order valence-corrected chi connectivity index (χ3v) is 2.54. The summed E-state index contributed by atoms with van der Waals surface area (Å²) in [6.07, 6.45) is 0. The summed E-state index contributed by atoms with van der Waals surface area (Å²) in [7, 11) is 3.35. The zero-order valence-corrected chi connectivity index (χ0v) is 10.8. The molecule has 5 nitrogen and oxygen atoms in total. The van der Waals surface area contributed by atoms with E-state index in [0.29, 0.717) is 0 Å². The predicted octanol–water partition coefficient (Wildman–Crippen LogP) is 1.58. The maximum Gasteiger partial charge on any atom is 0.362 e. The summed E-state index contributed by atoms with van der Waals surface area (Å²) in [6.45, 7) is 5.72. The topological polar surface area (TPSA) is 47.4 Å². The van der Waals surface area contributed by atoms with E-state index in [1.54, 1.807) is 25.9 Å². The normalized spacial score (nSPS) is 10.8. The van der Waals surface area contributed by atoms with Crippen LogP contribution in [0.2, 0.25) is 0 Å². The summed E-state index contributed by atoms with van der Waals surface area (Å²) in [5.41, 5.74) is -0.267. The van der Waals surface area contributed by atoms with Crippen LogP contribution in [-0.4, -0.2) is 35.4 Å². The first-order valence-corrected chi connectivity index (χ1v) is 5.52. The van der Waals surface area contributed by atoms with Crippen molar-refractivity contribution >= 4 is 11.8 Å². The highest BCUT2D eigenvalue weighted by atomic mass is 19.1. The quantitative estimate of drug-likeness (QED) is 0.753. The molecule has 1 aromatic heterocycles. The van der Waals surface area contributed by atoms with Crippen molar-refractivity contribution in [2.75, 3.05) is 18.6 Å². The molecule has 0 N–H and O–H groups in total. The van der Waals surface area contributed by atoms with Crippen LogP contribution in [-0.2, 0) is 11.8 Å². The van der Waals surface area contributed by atoms with Crippen molar-refractivity contribution < 1.29 is 13.9 Å². The van der Waals surface area contributed by atoms with Gasteiger partial charge in [0, 0.05) is 20.1 Å². The Hall–Kier alpha value is -1.59. The molecule has 0 aliphatic carbocycles. The second-order valence-corrected chi connectivity index (χ2v) is 4.03. The number of ether oxygens (including phenoxy) is 1. The van der Waals surface area contributed by atoms with Crippen molar-refractivity contribution in [1.82, 2.24) is 9.78 Å². The summed E-state index contributed by atoms with van der Waals surface area (Å²) in [4.78, 5) is 13.2. The number of carbonyl (C=O) groups is 1. The molecule has 0 amide bonds. The van der Waals surface area contributed by atoms with Crippen molar-refractivity contribution in [3.63, 3.8) is 0 Å². The van der Waals surface area contributed by atoms with Gasteiger partial charge in [-0.2, -0.15) is 5.10 Å². The zero-order chi connectivity index (χ0) is 13.2. The number of rotatable bonds is 4.